The van der Waals surface area contributed by atoms with Gasteiger partial charge in [0.15, 0.2) is 12.1 Å². The van der Waals surface area contributed by atoms with Crippen LogP contribution in [0.4, 0.5) is 0 Å². The summed E-state index contributed by atoms with van der Waals surface area (Å²) in [6, 6.07) is 28.9. The summed E-state index contributed by atoms with van der Waals surface area (Å²) in [6.07, 6.45) is 1.32. The Morgan fingerprint density at radius 1 is 0.919 bits per heavy atom. The van der Waals surface area contributed by atoms with Gasteiger partial charge in [-0.2, -0.15) is 0 Å². The van der Waals surface area contributed by atoms with E-state index in [2.05, 4.69) is 75.9 Å². The summed E-state index contributed by atoms with van der Waals surface area (Å²) < 4.78 is 31.2. The van der Waals surface area contributed by atoms with Crippen LogP contribution < -0.4 is 15.1 Å². The van der Waals surface area contributed by atoms with Crippen molar-refractivity contribution < 1.29 is 23.4 Å². The van der Waals surface area contributed by atoms with Gasteiger partial charge in [-0.15, -0.1) is 0 Å². The average molecular weight is 519 g/mol. The van der Waals surface area contributed by atoms with Gasteiger partial charge in [-0.3, -0.25) is 0 Å². The fourth-order valence-corrected chi connectivity index (χ4v) is 9.77. The molecule has 1 aliphatic heterocycles. The van der Waals surface area contributed by atoms with Crippen LogP contribution in [0.25, 0.3) is 0 Å². The van der Waals surface area contributed by atoms with Crippen molar-refractivity contribution in [3.05, 3.63) is 103 Å². The van der Waals surface area contributed by atoms with Crippen LogP contribution in [0.2, 0.25) is 5.04 Å². The van der Waals surface area contributed by atoms with E-state index in [-0.39, 0.29) is 11.1 Å². The molecule has 3 aromatic rings. The van der Waals surface area contributed by atoms with Gasteiger partial charge >= 0.3 is 0 Å². The first-order valence-electron chi connectivity index (χ1n) is 12.7. The van der Waals surface area contributed by atoms with Crippen molar-refractivity contribution in [3.8, 4) is 5.75 Å². The molecule has 196 valence electrons. The third-order valence-corrected chi connectivity index (χ3v) is 12.1. The molecule has 6 heteroatoms. The molecule has 0 unspecified atom stereocenters. The predicted octanol–water partition coefficient (Wildman–Crippen LogP) is 5.43. The number of hydrogen-bond acceptors (Lipinski definition) is 5. The van der Waals surface area contributed by atoms with E-state index >= 15 is 0 Å². The number of methoxy groups -OCH3 is 2. The second-order valence-corrected chi connectivity index (χ2v) is 14.6. The first kappa shape index (κ1) is 27.3. The molecule has 37 heavy (non-hydrogen) atoms. The highest BCUT2D eigenvalue weighted by Gasteiger charge is 2.58. The molecule has 3 aromatic carbocycles. The van der Waals surface area contributed by atoms with Gasteiger partial charge in [-0.1, -0.05) is 100 Å². The number of hydrogen-bond donors (Lipinski definition) is 0. The molecule has 0 saturated carbocycles. The van der Waals surface area contributed by atoms with Crippen molar-refractivity contribution in [2.24, 2.45) is 0 Å². The van der Waals surface area contributed by atoms with Gasteiger partial charge in [-0.25, -0.2) is 0 Å². The maximum Gasteiger partial charge on any atom is 0.265 e. The summed E-state index contributed by atoms with van der Waals surface area (Å²) in [5.41, 5.74) is 1.04. The van der Waals surface area contributed by atoms with E-state index in [1.165, 1.54) is 10.4 Å². The average Bonchev–Trinajstić information content (AvgIpc) is 3.29. The van der Waals surface area contributed by atoms with E-state index in [0.29, 0.717) is 13.0 Å². The highest BCUT2D eigenvalue weighted by atomic mass is 28.4. The van der Waals surface area contributed by atoms with Gasteiger partial charge in [-0.05, 0) is 39.2 Å². The van der Waals surface area contributed by atoms with Crippen molar-refractivity contribution >= 4 is 18.7 Å². The molecule has 1 heterocycles. The molecule has 4 rings (SSSR count). The zero-order chi connectivity index (χ0) is 26.5. The van der Waals surface area contributed by atoms with Crippen molar-refractivity contribution in [1.82, 2.24) is 0 Å². The standard InChI is InChI=1S/C31H38O5Si/c1-7-31(22-28(29(33-6)35-31)34-23-24-18-20-25(32-5)21-19-24)36-37(30(2,3)4,26-14-10-8-11-15-26)27-16-12-9-13-17-27/h7-21,28-29H,1,22-23H2,2-6H3/t28-,29+,31-/m1/s1. The van der Waals surface area contributed by atoms with Crippen LogP contribution in [0.5, 0.6) is 5.75 Å². The van der Waals surface area contributed by atoms with Gasteiger partial charge in [0.1, 0.15) is 11.9 Å². The fourth-order valence-electron chi connectivity index (χ4n) is 5.11. The molecule has 0 radical (unpaired) electrons. The van der Waals surface area contributed by atoms with Gasteiger partial charge in [0.25, 0.3) is 8.32 Å². The van der Waals surface area contributed by atoms with E-state index in [4.69, 9.17) is 23.4 Å². The summed E-state index contributed by atoms with van der Waals surface area (Å²) >= 11 is 0. The normalized spacial score (nSPS) is 22.1. The Morgan fingerprint density at radius 2 is 1.49 bits per heavy atom. The van der Waals surface area contributed by atoms with Crippen LogP contribution in [0, 0.1) is 0 Å². The van der Waals surface area contributed by atoms with Crippen LogP contribution in [-0.4, -0.2) is 40.7 Å². The lowest BCUT2D eigenvalue weighted by Gasteiger charge is -2.47. The summed E-state index contributed by atoms with van der Waals surface area (Å²) in [7, 11) is 0.395. The summed E-state index contributed by atoms with van der Waals surface area (Å²) in [6.45, 7) is 11.3. The summed E-state index contributed by atoms with van der Waals surface area (Å²) in [5.74, 6) is -0.261. The molecule has 0 N–H and O–H groups in total. The largest absolute Gasteiger partial charge is 0.497 e. The van der Waals surface area contributed by atoms with Crippen molar-refractivity contribution in [1.29, 1.82) is 0 Å². The Balaban J connectivity index is 1.68. The molecular formula is C31H38O5Si. The van der Waals surface area contributed by atoms with Crippen LogP contribution in [0.3, 0.4) is 0 Å². The quantitative estimate of drug-likeness (QED) is 0.265. The molecule has 1 aliphatic rings. The van der Waals surface area contributed by atoms with Gasteiger partial charge in [0.2, 0.25) is 0 Å². The Labute approximate surface area is 222 Å². The first-order chi connectivity index (χ1) is 17.8. The second-order valence-electron chi connectivity index (χ2n) is 10.4. The molecule has 1 saturated heterocycles. The third kappa shape index (κ3) is 5.59. The minimum Gasteiger partial charge on any atom is -0.497 e. The van der Waals surface area contributed by atoms with E-state index in [9.17, 15) is 0 Å². The van der Waals surface area contributed by atoms with Crippen molar-refractivity contribution in [3.63, 3.8) is 0 Å². The Kier molecular flexibility index (Phi) is 8.36. The van der Waals surface area contributed by atoms with Crippen LogP contribution in [0.1, 0.15) is 32.8 Å². The van der Waals surface area contributed by atoms with Crippen LogP contribution >= 0.6 is 0 Å². The van der Waals surface area contributed by atoms with E-state index in [0.717, 1.165) is 11.3 Å². The van der Waals surface area contributed by atoms with Gasteiger partial charge in [0, 0.05) is 13.5 Å². The van der Waals surface area contributed by atoms with Gasteiger partial charge in [0.05, 0.1) is 13.7 Å². The zero-order valence-electron chi connectivity index (χ0n) is 22.5. The Morgan fingerprint density at radius 3 is 1.95 bits per heavy atom. The summed E-state index contributed by atoms with van der Waals surface area (Å²) in [5, 5.41) is 2.14. The van der Waals surface area contributed by atoms with E-state index < -0.39 is 20.4 Å². The minimum absolute atomic E-state index is 0.209. The van der Waals surface area contributed by atoms with Crippen LogP contribution in [0.15, 0.2) is 97.6 Å². The highest BCUT2D eigenvalue weighted by molar-refractivity contribution is 6.99. The molecule has 5 nitrogen and oxygen atoms in total. The molecule has 0 aromatic heterocycles. The monoisotopic (exact) mass is 518 g/mol. The Bertz CT molecular complexity index is 1100. The number of benzene rings is 3. The lowest BCUT2D eigenvalue weighted by molar-refractivity contribution is -0.222. The van der Waals surface area contributed by atoms with Crippen molar-refractivity contribution in [2.45, 2.75) is 57.0 Å². The summed E-state index contributed by atoms with van der Waals surface area (Å²) in [4.78, 5) is 0. The molecule has 0 aliphatic carbocycles. The number of rotatable bonds is 10. The predicted molar refractivity (Wildman–Crippen MR) is 150 cm³/mol. The topological polar surface area (TPSA) is 46.2 Å². The smallest absolute Gasteiger partial charge is 0.265 e. The molecule has 1 fully saturated rings. The molecular weight excluding hydrogens is 480 g/mol. The minimum atomic E-state index is -2.90. The fraction of sp³-hybridized carbons (Fsp3) is 0.355. The molecule has 0 spiro atoms. The third-order valence-electron chi connectivity index (χ3n) is 7.01. The lowest BCUT2D eigenvalue weighted by Crippen LogP contribution is -2.69. The maximum atomic E-state index is 7.34. The first-order valence-corrected chi connectivity index (χ1v) is 14.6. The SMILES string of the molecule is C=C[C@@]1(O[Si](c2ccccc2)(c2ccccc2)C(C)(C)C)C[C@@H](OCc2ccc(OC)cc2)[C@@H](OC)O1. The van der Waals surface area contributed by atoms with E-state index in [1.807, 2.05) is 36.4 Å². The Hall–Kier alpha value is -2.74. The maximum absolute atomic E-state index is 7.34. The van der Waals surface area contributed by atoms with Gasteiger partial charge < -0.3 is 23.4 Å². The van der Waals surface area contributed by atoms with E-state index in [1.54, 1.807) is 20.3 Å². The molecule has 0 bridgehead atoms. The number of ether oxygens (including phenoxy) is 4. The molecule has 3 atom stereocenters. The van der Waals surface area contributed by atoms with Crippen molar-refractivity contribution in [2.75, 3.05) is 14.2 Å². The molecule has 0 amide bonds. The highest BCUT2D eigenvalue weighted by Crippen LogP contribution is 2.44. The van der Waals surface area contributed by atoms with Crippen LogP contribution in [-0.2, 0) is 25.2 Å². The zero-order valence-corrected chi connectivity index (χ0v) is 23.5. The lowest BCUT2D eigenvalue weighted by atomic mass is 10.1. The second kappa shape index (κ2) is 11.3.